The van der Waals surface area contributed by atoms with Crippen LogP contribution >= 0.6 is 22.7 Å². The molecule has 0 bridgehead atoms. The second kappa shape index (κ2) is 7.13. The Kier molecular flexibility index (Phi) is 4.90. The van der Waals surface area contributed by atoms with Crippen LogP contribution in [-0.4, -0.2) is 4.57 Å². The van der Waals surface area contributed by atoms with Gasteiger partial charge in [-0.25, -0.2) is 0 Å². The van der Waals surface area contributed by atoms with Gasteiger partial charge < -0.3 is 0 Å². The van der Waals surface area contributed by atoms with Crippen molar-refractivity contribution in [1.29, 1.82) is 10.5 Å². The fraction of sp³-hybridized carbons (Fsp3) is 0.150. The summed E-state index contributed by atoms with van der Waals surface area (Å²) < 4.78 is 2.37. The summed E-state index contributed by atoms with van der Waals surface area (Å²) in [5, 5.41) is 20.7. The van der Waals surface area contributed by atoms with E-state index in [1.807, 2.05) is 68.6 Å². The van der Waals surface area contributed by atoms with Crippen molar-refractivity contribution in [3.05, 3.63) is 70.8 Å². The highest BCUT2D eigenvalue weighted by molar-refractivity contribution is 7.11. The molecule has 2 heterocycles. The van der Waals surface area contributed by atoms with E-state index in [4.69, 9.17) is 0 Å². The van der Waals surface area contributed by atoms with Gasteiger partial charge in [0.1, 0.15) is 16.8 Å². The first-order valence-corrected chi connectivity index (χ1v) is 9.55. The van der Waals surface area contributed by atoms with Crippen LogP contribution in [0.25, 0.3) is 17.3 Å². The summed E-state index contributed by atoms with van der Waals surface area (Å²) in [4.78, 5) is 14.1. The number of thiophene rings is 1. The third-order valence-corrected chi connectivity index (χ3v) is 6.09. The Labute approximate surface area is 158 Å². The fourth-order valence-electron chi connectivity index (χ4n) is 2.60. The lowest BCUT2D eigenvalue weighted by Gasteiger charge is -2.07. The van der Waals surface area contributed by atoms with Crippen molar-refractivity contribution in [1.82, 2.24) is 4.57 Å². The normalized spacial score (nSPS) is 11.2. The van der Waals surface area contributed by atoms with E-state index in [1.54, 1.807) is 11.3 Å². The van der Waals surface area contributed by atoms with Crippen LogP contribution in [-0.2, 0) is 0 Å². The average molecular weight is 377 g/mol. The molecule has 3 aromatic rings. The van der Waals surface area contributed by atoms with Crippen LogP contribution in [0.4, 0.5) is 0 Å². The van der Waals surface area contributed by atoms with E-state index in [0.717, 1.165) is 21.6 Å². The van der Waals surface area contributed by atoms with Gasteiger partial charge in [-0.15, -0.1) is 22.7 Å². The fourth-order valence-corrected chi connectivity index (χ4v) is 4.56. The molecule has 0 atom stereocenters. The van der Waals surface area contributed by atoms with Crippen LogP contribution in [0.15, 0.2) is 34.4 Å². The van der Waals surface area contributed by atoms with Crippen molar-refractivity contribution in [2.45, 2.75) is 20.8 Å². The minimum absolute atomic E-state index is 0.0597. The molecule has 0 radical (unpaired) electrons. The van der Waals surface area contributed by atoms with Crippen molar-refractivity contribution in [2.24, 2.45) is 0 Å². The Hall–Kier alpha value is -2.93. The minimum Gasteiger partial charge on any atom is -0.267 e. The standard InChI is InChI=1S/C20H15N3OS2/c1-12-4-5-13(2)16(8-12)23-19(24)18(9-17-14(3)6-7-25-17)26-20(23)15(10-21)11-22/h4-9H,1-3H3/b18-9-. The van der Waals surface area contributed by atoms with Crippen LogP contribution in [0.1, 0.15) is 21.6 Å². The summed E-state index contributed by atoms with van der Waals surface area (Å²) in [5.41, 5.74) is 3.43. The molecule has 0 saturated heterocycles. The van der Waals surface area contributed by atoms with E-state index in [1.165, 1.54) is 15.9 Å². The number of hydrogen-bond donors (Lipinski definition) is 0. The monoisotopic (exact) mass is 377 g/mol. The number of nitriles is 2. The van der Waals surface area contributed by atoms with Gasteiger partial charge >= 0.3 is 0 Å². The molecule has 0 fully saturated rings. The summed E-state index contributed by atoms with van der Waals surface area (Å²) >= 11 is 2.73. The lowest BCUT2D eigenvalue weighted by atomic mass is 10.1. The molecule has 4 nitrogen and oxygen atoms in total. The van der Waals surface area contributed by atoms with Crippen molar-refractivity contribution in [3.63, 3.8) is 0 Å². The van der Waals surface area contributed by atoms with Crippen LogP contribution in [0, 0.1) is 43.4 Å². The molecular formula is C20H15N3OS2. The highest BCUT2D eigenvalue weighted by atomic mass is 32.1. The molecule has 6 heteroatoms. The molecule has 26 heavy (non-hydrogen) atoms. The Morgan fingerprint density at radius 3 is 2.46 bits per heavy atom. The van der Waals surface area contributed by atoms with Gasteiger partial charge in [0.05, 0.1) is 10.2 Å². The number of rotatable bonds is 2. The highest BCUT2D eigenvalue weighted by Crippen LogP contribution is 2.16. The average Bonchev–Trinajstić information content (AvgIpc) is 3.16. The molecule has 2 aromatic heterocycles. The van der Waals surface area contributed by atoms with Crippen molar-refractivity contribution in [2.75, 3.05) is 0 Å². The summed E-state index contributed by atoms with van der Waals surface area (Å²) in [7, 11) is 0. The smallest absolute Gasteiger partial charge is 0.267 e. The zero-order chi connectivity index (χ0) is 18.8. The van der Waals surface area contributed by atoms with Crippen LogP contribution in [0.3, 0.4) is 0 Å². The second-order valence-electron chi connectivity index (χ2n) is 5.91. The number of nitrogens with zero attached hydrogens (tertiary/aromatic N) is 3. The SMILES string of the molecule is Cc1ccc(C)c(-n2c(=C(C#N)C#N)s/c(=C\c3sccc3C)c2=O)c1. The van der Waals surface area contributed by atoms with E-state index in [2.05, 4.69) is 0 Å². The molecule has 3 rings (SSSR count). The zero-order valence-electron chi connectivity index (χ0n) is 14.5. The maximum absolute atomic E-state index is 13.1. The maximum atomic E-state index is 13.1. The van der Waals surface area contributed by atoms with Gasteiger partial charge in [0.25, 0.3) is 5.56 Å². The summed E-state index contributed by atoms with van der Waals surface area (Å²) in [5.74, 6) is 0. The number of hydrogen-bond acceptors (Lipinski definition) is 5. The maximum Gasteiger partial charge on any atom is 0.273 e. The van der Waals surface area contributed by atoms with Crippen LogP contribution in [0.2, 0.25) is 0 Å². The number of aryl methyl sites for hydroxylation is 3. The molecule has 0 unspecified atom stereocenters. The Bertz CT molecular complexity index is 1240. The summed E-state index contributed by atoms with van der Waals surface area (Å²) in [6.45, 7) is 5.84. The molecule has 0 aliphatic rings. The summed E-state index contributed by atoms with van der Waals surface area (Å²) in [6, 6.07) is 11.6. The number of thiazole rings is 1. The Balaban J connectivity index is 2.48. The van der Waals surface area contributed by atoms with Crippen molar-refractivity contribution in [3.8, 4) is 17.8 Å². The van der Waals surface area contributed by atoms with Gasteiger partial charge in [-0.05, 0) is 61.1 Å². The minimum atomic E-state index is -0.213. The third kappa shape index (κ3) is 3.13. The number of aromatic nitrogens is 1. The molecule has 0 amide bonds. The Morgan fingerprint density at radius 1 is 1.12 bits per heavy atom. The predicted molar refractivity (Wildman–Crippen MR) is 106 cm³/mol. The first-order valence-electron chi connectivity index (χ1n) is 7.86. The van der Waals surface area contributed by atoms with E-state index in [-0.39, 0.29) is 11.1 Å². The molecule has 0 N–H and O–H groups in total. The largest absolute Gasteiger partial charge is 0.273 e. The van der Waals surface area contributed by atoms with Gasteiger partial charge in [-0.3, -0.25) is 9.36 Å². The molecular weight excluding hydrogens is 362 g/mol. The van der Waals surface area contributed by atoms with Gasteiger partial charge in [0, 0.05) is 4.88 Å². The van der Waals surface area contributed by atoms with E-state index in [0.29, 0.717) is 14.9 Å². The van der Waals surface area contributed by atoms with Crippen molar-refractivity contribution < 1.29 is 0 Å². The van der Waals surface area contributed by atoms with E-state index in [9.17, 15) is 15.3 Å². The lowest BCUT2D eigenvalue weighted by molar-refractivity contribution is 0.972. The van der Waals surface area contributed by atoms with E-state index >= 15 is 0 Å². The van der Waals surface area contributed by atoms with Gasteiger partial charge in [0.2, 0.25) is 0 Å². The molecule has 0 aliphatic carbocycles. The molecule has 0 spiro atoms. The second-order valence-corrected chi connectivity index (χ2v) is 7.89. The van der Waals surface area contributed by atoms with E-state index < -0.39 is 0 Å². The first kappa shape index (κ1) is 17.9. The van der Waals surface area contributed by atoms with Crippen LogP contribution < -0.4 is 14.8 Å². The quantitative estimate of drug-likeness (QED) is 0.689. The topological polar surface area (TPSA) is 69.6 Å². The van der Waals surface area contributed by atoms with Gasteiger partial charge in [-0.2, -0.15) is 10.5 Å². The third-order valence-electron chi connectivity index (χ3n) is 4.03. The summed E-state index contributed by atoms with van der Waals surface area (Å²) in [6.07, 6.45) is 1.84. The zero-order valence-corrected chi connectivity index (χ0v) is 16.2. The molecule has 1 aromatic carbocycles. The lowest BCUT2D eigenvalue weighted by Crippen LogP contribution is -2.31. The van der Waals surface area contributed by atoms with Gasteiger partial charge in [0.15, 0.2) is 5.57 Å². The highest BCUT2D eigenvalue weighted by Gasteiger charge is 2.13. The molecule has 128 valence electrons. The molecule has 0 saturated carbocycles. The number of benzene rings is 1. The predicted octanol–water partition coefficient (Wildman–Crippen LogP) is 2.91. The van der Waals surface area contributed by atoms with Crippen LogP contribution in [0.5, 0.6) is 0 Å². The first-order chi connectivity index (χ1) is 12.5. The Morgan fingerprint density at radius 2 is 1.85 bits per heavy atom. The molecule has 0 aliphatic heterocycles. The van der Waals surface area contributed by atoms with Gasteiger partial charge in [-0.1, -0.05) is 12.1 Å². The van der Waals surface area contributed by atoms with Crippen molar-refractivity contribution >= 4 is 34.3 Å².